The Morgan fingerprint density at radius 2 is 1.95 bits per heavy atom. The first kappa shape index (κ1) is 12.3. The fourth-order valence-electron chi connectivity index (χ4n) is 3.09. The average molecular weight is 292 g/mol. The summed E-state index contributed by atoms with van der Waals surface area (Å²) in [4.78, 5) is 14.1. The molecule has 1 amide bonds. The second kappa shape index (κ2) is 4.05. The van der Waals surface area contributed by atoms with E-state index in [2.05, 4.69) is 4.72 Å². The summed E-state index contributed by atoms with van der Waals surface area (Å²) in [5.41, 5.74) is 2.82. The SMILES string of the molecule is O=C1Cc2cc(S(=O)(=O)NC3CC3)cc3c2N1CCC3. The third-order valence-corrected chi connectivity index (χ3v) is 5.69. The molecule has 1 aromatic carbocycles. The van der Waals surface area contributed by atoms with Crippen molar-refractivity contribution in [3.8, 4) is 0 Å². The van der Waals surface area contributed by atoms with Gasteiger partial charge in [-0.25, -0.2) is 13.1 Å². The Bertz CT molecular complexity index is 707. The molecule has 0 saturated heterocycles. The number of hydrogen-bond donors (Lipinski definition) is 1. The quantitative estimate of drug-likeness (QED) is 0.902. The second-order valence-corrected chi connectivity index (χ2v) is 7.53. The number of nitrogens with zero attached hydrogens (tertiary/aromatic N) is 1. The summed E-state index contributed by atoms with van der Waals surface area (Å²) in [6.45, 7) is 0.755. The number of rotatable bonds is 3. The molecule has 2 aliphatic heterocycles. The van der Waals surface area contributed by atoms with Gasteiger partial charge < -0.3 is 4.90 Å². The van der Waals surface area contributed by atoms with Crippen LogP contribution in [0.3, 0.4) is 0 Å². The van der Waals surface area contributed by atoms with Crippen molar-refractivity contribution in [3.63, 3.8) is 0 Å². The number of aryl methyl sites for hydroxylation is 1. The van der Waals surface area contributed by atoms with Crippen LogP contribution in [0.15, 0.2) is 17.0 Å². The zero-order chi connectivity index (χ0) is 13.9. The van der Waals surface area contributed by atoms with Crippen LogP contribution in [-0.4, -0.2) is 26.9 Å². The number of amides is 1. The number of carbonyl (C=O) groups excluding carboxylic acids is 1. The molecule has 0 spiro atoms. The molecule has 6 heteroatoms. The molecule has 1 fully saturated rings. The van der Waals surface area contributed by atoms with Gasteiger partial charge in [0.05, 0.1) is 17.0 Å². The van der Waals surface area contributed by atoms with Gasteiger partial charge >= 0.3 is 0 Å². The van der Waals surface area contributed by atoms with Gasteiger partial charge in [-0.15, -0.1) is 0 Å². The minimum atomic E-state index is -3.44. The van der Waals surface area contributed by atoms with E-state index < -0.39 is 10.0 Å². The standard InChI is InChI=1S/C14H16N2O3S/c17-13-8-10-7-12(20(18,19)15-11-3-4-11)6-9-2-1-5-16(13)14(9)10/h6-7,11,15H,1-5,8H2. The summed E-state index contributed by atoms with van der Waals surface area (Å²) < 4.78 is 27.3. The van der Waals surface area contributed by atoms with E-state index in [1.807, 2.05) is 0 Å². The molecular weight excluding hydrogens is 276 g/mol. The van der Waals surface area contributed by atoms with Crippen LogP contribution in [0.1, 0.15) is 30.4 Å². The topological polar surface area (TPSA) is 66.5 Å². The van der Waals surface area contributed by atoms with Gasteiger partial charge in [0, 0.05) is 12.6 Å². The average Bonchev–Trinajstić information content (AvgIpc) is 3.14. The van der Waals surface area contributed by atoms with E-state index in [1.54, 1.807) is 17.0 Å². The Balaban J connectivity index is 1.80. The number of sulfonamides is 1. The molecule has 20 heavy (non-hydrogen) atoms. The van der Waals surface area contributed by atoms with Gasteiger partial charge in [-0.2, -0.15) is 0 Å². The molecule has 0 unspecified atom stereocenters. The lowest BCUT2D eigenvalue weighted by atomic mass is 10.0. The van der Waals surface area contributed by atoms with Crippen LogP contribution < -0.4 is 9.62 Å². The summed E-state index contributed by atoms with van der Waals surface area (Å²) in [5, 5.41) is 0. The summed E-state index contributed by atoms with van der Waals surface area (Å²) in [6, 6.07) is 3.52. The van der Waals surface area contributed by atoms with E-state index in [0.29, 0.717) is 11.3 Å². The van der Waals surface area contributed by atoms with Gasteiger partial charge in [-0.05, 0) is 48.9 Å². The number of anilines is 1. The summed E-state index contributed by atoms with van der Waals surface area (Å²) in [5.74, 6) is 0.0886. The van der Waals surface area contributed by atoms with Gasteiger partial charge in [-0.3, -0.25) is 4.79 Å². The zero-order valence-corrected chi connectivity index (χ0v) is 11.9. The highest BCUT2D eigenvalue weighted by Gasteiger charge is 2.35. The van der Waals surface area contributed by atoms with E-state index in [1.165, 1.54) is 0 Å². The second-order valence-electron chi connectivity index (χ2n) is 5.81. The largest absolute Gasteiger partial charge is 0.312 e. The molecule has 1 N–H and O–H groups in total. The van der Waals surface area contributed by atoms with Crippen LogP contribution in [0.25, 0.3) is 0 Å². The van der Waals surface area contributed by atoms with E-state index in [9.17, 15) is 13.2 Å². The first-order valence-electron chi connectivity index (χ1n) is 7.03. The van der Waals surface area contributed by atoms with Gasteiger partial charge in [-0.1, -0.05) is 0 Å². The fraction of sp³-hybridized carbons (Fsp3) is 0.500. The van der Waals surface area contributed by atoms with E-state index in [4.69, 9.17) is 0 Å². The monoisotopic (exact) mass is 292 g/mol. The van der Waals surface area contributed by atoms with Gasteiger partial charge in [0.1, 0.15) is 0 Å². The number of carbonyl (C=O) groups is 1. The molecule has 106 valence electrons. The molecule has 4 rings (SSSR count). The number of hydrogen-bond acceptors (Lipinski definition) is 3. The normalized spacial score (nSPS) is 21.2. The highest BCUT2D eigenvalue weighted by molar-refractivity contribution is 7.89. The molecule has 3 aliphatic rings. The summed E-state index contributed by atoms with van der Waals surface area (Å²) in [6.07, 6.45) is 3.92. The van der Waals surface area contributed by atoms with Crippen LogP contribution in [0.4, 0.5) is 5.69 Å². The van der Waals surface area contributed by atoms with Crippen molar-refractivity contribution in [3.05, 3.63) is 23.3 Å². The predicted octanol–water partition coefficient (Wildman–Crippen LogP) is 0.963. The van der Waals surface area contributed by atoms with Crippen molar-refractivity contribution in [2.75, 3.05) is 11.4 Å². The van der Waals surface area contributed by atoms with Crippen LogP contribution in [0.5, 0.6) is 0 Å². The maximum Gasteiger partial charge on any atom is 0.240 e. The van der Waals surface area contributed by atoms with E-state index in [-0.39, 0.29) is 11.9 Å². The van der Waals surface area contributed by atoms with Crippen LogP contribution >= 0.6 is 0 Å². The van der Waals surface area contributed by atoms with Crippen LogP contribution in [0.2, 0.25) is 0 Å². The number of benzene rings is 1. The molecule has 0 radical (unpaired) electrons. The zero-order valence-electron chi connectivity index (χ0n) is 11.1. The van der Waals surface area contributed by atoms with Crippen LogP contribution in [0, 0.1) is 0 Å². The Hall–Kier alpha value is -1.40. The lowest BCUT2D eigenvalue weighted by molar-refractivity contribution is -0.117. The summed E-state index contributed by atoms with van der Waals surface area (Å²) in [7, 11) is -3.44. The Morgan fingerprint density at radius 3 is 2.70 bits per heavy atom. The first-order valence-corrected chi connectivity index (χ1v) is 8.51. The maximum absolute atomic E-state index is 12.3. The molecule has 1 aromatic rings. The first-order chi connectivity index (χ1) is 9.54. The third-order valence-electron chi connectivity index (χ3n) is 4.19. The van der Waals surface area contributed by atoms with Crippen molar-refractivity contribution >= 4 is 21.6 Å². The molecule has 1 aliphatic carbocycles. The number of nitrogens with one attached hydrogen (secondary N) is 1. The van der Waals surface area contributed by atoms with Crippen molar-refractivity contribution in [1.82, 2.24) is 4.72 Å². The van der Waals surface area contributed by atoms with Crippen molar-refractivity contribution < 1.29 is 13.2 Å². The lowest BCUT2D eigenvalue weighted by Gasteiger charge is -2.26. The van der Waals surface area contributed by atoms with Crippen molar-refractivity contribution in [2.24, 2.45) is 0 Å². The van der Waals surface area contributed by atoms with Crippen molar-refractivity contribution in [1.29, 1.82) is 0 Å². The maximum atomic E-state index is 12.3. The van der Waals surface area contributed by atoms with Gasteiger partial charge in [0.15, 0.2) is 0 Å². The smallest absolute Gasteiger partial charge is 0.240 e. The van der Waals surface area contributed by atoms with Gasteiger partial charge in [0.2, 0.25) is 15.9 Å². The molecule has 2 heterocycles. The Kier molecular flexibility index (Phi) is 2.50. The molecule has 1 saturated carbocycles. The Labute approximate surface area is 118 Å². The molecular formula is C14H16N2O3S. The van der Waals surface area contributed by atoms with E-state index in [0.717, 1.165) is 49.0 Å². The van der Waals surface area contributed by atoms with Crippen LogP contribution in [-0.2, 0) is 27.7 Å². The third kappa shape index (κ3) is 1.86. The van der Waals surface area contributed by atoms with Crippen molar-refractivity contribution in [2.45, 2.75) is 43.0 Å². The van der Waals surface area contributed by atoms with E-state index >= 15 is 0 Å². The fourth-order valence-corrected chi connectivity index (χ4v) is 4.50. The lowest BCUT2D eigenvalue weighted by Crippen LogP contribution is -2.31. The van der Waals surface area contributed by atoms with Gasteiger partial charge in [0.25, 0.3) is 0 Å². The molecule has 0 bridgehead atoms. The highest BCUT2D eigenvalue weighted by atomic mass is 32.2. The molecule has 0 aromatic heterocycles. The minimum Gasteiger partial charge on any atom is -0.312 e. The predicted molar refractivity (Wildman–Crippen MR) is 74.2 cm³/mol. The Morgan fingerprint density at radius 1 is 1.20 bits per heavy atom. The molecule has 5 nitrogen and oxygen atoms in total. The minimum absolute atomic E-state index is 0.0886. The molecule has 0 atom stereocenters. The highest BCUT2D eigenvalue weighted by Crippen LogP contribution is 2.38. The summed E-state index contributed by atoms with van der Waals surface area (Å²) >= 11 is 0.